The first kappa shape index (κ1) is 20.0. The van der Waals surface area contributed by atoms with E-state index in [2.05, 4.69) is 37.8 Å². The molecule has 2 N–H and O–H groups in total. The largest absolute Gasteiger partial charge is 0.342 e. The molecule has 1 saturated heterocycles. The van der Waals surface area contributed by atoms with Crippen LogP contribution < -0.4 is 5.73 Å². The van der Waals surface area contributed by atoms with E-state index in [1.807, 2.05) is 18.2 Å². The Bertz CT molecular complexity index is 476. The van der Waals surface area contributed by atoms with E-state index in [9.17, 15) is 4.79 Å². The van der Waals surface area contributed by atoms with Crippen molar-refractivity contribution in [3.8, 4) is 0 Å². The molecule has 23 heavy (non-hydrogen) atoms. The summed E-state index contributed by atoms with van der Waals surface area (Å²) in [5.74, 6) is 1.17. The molecule has 1 fully saturated rings. The molecule has 3 atom stereocenters. The third-order valence-electron chi connectivity index (χ3n) is 4.93. The first-order chi connectivity index (χ1) is 10.5. The molecule has 1 heterocycles. The van der Waals surface area contributed by atoms with Crippen LogP contribution >= 0.6 is 12.4 Å². The average Bonchev–Trinajstić information content (AvgIpc) is 2.53. The van der Waals surface area contributed by atoms with Crippen LogP contribution in [0.5, 0.6) is 0 Å². The number of hydrogen-bond donors (Lipinski definition) is 1. The van der Waals surface area contributed by atoms with E-state index in [0.29, 0.717) is 17.7 Å². The van der Waals surface area contributed by atoms with E-state index < -0.39 is 0 Å². The smallest absolute Gasteiger partial charge is 0.226 e. The molecule has 0 bridgehead atoms. The van der Waals surface area contributed by atoms with Crippen molar-refractivity contribution >= 4 is 18.3 Å². The van der Waals surface area contributed by atoms with E-state index in [1.54, 1.807) is 0 Å². The van der Waals surface area contributed by atoms with Gasteiger partial charge in [-0.25, -0.2) is 0 Å². The summed E-state index contributed by atoms with van der Waals surface area (Å²) < 4.78 is 0. The van der Waals surface area contributed by atoms with E-state index >= 15 is 0 Å². The number of rotatable bonds is 5. The van der Waals surface area contributed by atoms with Crippen LogP contribution in [0.15, 0.2) is 30.3 Å². The van der Waals surface area contributed by atoms with E-state index in [1.165, 1.54) is 5.56 Å². The van der Waals surface area contributed by atoms with Crippen molar-refractivity contribution in [2.75, 3.05) is 13.1 Å². The van der Waals surface area contributed by atoms with Gasteiger partial charge in [0.05, 0.1) is 0 Å². The number of nitrogens with zero attached hydrogens (tertiary/aromatic N) is 1. The van der Waals surface area contributed by atoms with Gasteiger partial charge in [0, 0.05) is 25.0 Å². The van der Waals surface area contributed by atoms with Gasteiger partial charge in [0.1, 0.15) is 0 Å². The van der Waals surface area contributed by atoms with Crippen molar-refractivity contribution in [3.63, 3.8) is 0 Å². The Labute approximate surface area is 147 Å². The third kappa shape index (κ3) is 5.50. The molecular formula is C19H31ClN2O. The van der Waals surface area contributed by atoms with Gasteiger partial charge in [-0.15, -0.1) is 12.4 Å². The molecule has 0 aromatic heterocycles. The lowest BCUT2D eigenvalue weighted by Gasteiger charge is -2.37. The Morgan fingerprint density at radius 3 is 2.48 bits per heavy atom. The molecule has 1 amide bonds. The van der Waals surface area contributed by atoms with Crippen molar-refractivity contribution in [1.82, 2.24) is 4.90 Å². The lowest BCUT2D eigenvalue weighted by molar-refractivity contribution is -0.139. The molecule has 1 aliphatic rings. The molecule has 3 nitrogen and oxygen atoms in total. The normalized spacial score (nSPS) is 20.7. The maximum absolute atomic E-state index is 13.0. The van der Waals surface area contributed by atoms with Crippen LogP contribution in [0.4, 0.5) is 0 Å². The van der Waals surface area contributed by atoms with Crippen LogP contribution in [0.3, 0.4) is 0 Å². The number of amides is 1. The third-order valence-corrected chi connectivity index (χ3v) is 4.93. The molecule has 4 heteroatoms. The topological polar surface area (TPSA) is 46.3 Å². The van der Waals surface area contributed by atoms with E-state index in [0.717, 1.165) is 32.4 Å². The summed E-state index contributed by atoms with van der Waals surface area (Å²) in [5, 5.41) is 0. The number of hydrogen-bond acceptors (Lipinski definition) is 2. The minimum Gasteiger partial charge on any atom is -0.342 e. The van der Waals surface area contributed by atoms with Crippen molar-refractivity contribution < 1.29 is 4.79 Å². The highest BCUT2D eigenvalue weighted by atomic mass is 35.5. The summed E-state index contributed by atoms with van der Waals surface area (Å²) in [6.07, 6.45) is 3.05. The Balaban J connectivity index is 0.00000264. The number of carbonyl (C=O) groups excluding carboxylic acids is 1. The highest BCUT2D eigenvalue weighted by Crippen LogP contribution is 2.25. The van der Waals surface area contributed by atoms with Crippen molar-refractivity contribution in [1.29, 1.82) is 0 Å². The molecule has 0 saturated carbocycles. The fraction of sp³-hybridized carbons (Fsp3) is 0.632. The Morgan fingerprint density at radius 1 is 1.26 bits per heavy atom. The summed E-state index contributed by atoms with van der Waals surface area (Å²) in [6, 6.07) is 10.5. The number of benzene rings is 1. The lowest BCUT2D eigenvalue weighted by Crippen LogP contribution is -2.48. The zero-order chi connectivity index (χ0) is 16.1. The second kappa shape index (κ2) is 9.29. The van der Waals surface area contributed by atoms with Crippen LogP contribution in [0.2, 0.25) is 0 Å². The quantitative estimate of drug-likeness (QED) is 0.893. The molecule has 1 aromatic carbocycles. The highest BCUT2D eigenvalue weighted by Gasteiger charge is 2.31. The Kier molecular flexibility index (Phi) is 8.07. The van der Waals surface area contributed by atoms with Crippen molar-refractivity contribution in [3.05, 3.63) is 35.9 Å². The van der Waals surface area contributed by atoms with E-state index in [4.69, 9.17) is 5.73 Å². The Morgan fingerprint density at radius 2 is 1.91 bits per heavy atom. The Hall–Kier alpha value is -1.06. The molecule has 1 aromatic rings. The molecule has 0 spiro atoms. The molecule has 2 rings (SSSR count). The number of carbonyl (C=O) groups is 1. The summed E-state index contributed by atoms with van der Waals surface area (Å²) in [4.78, 5) is 15.1. The van der Waals surface area contributed by atoms with Crippen LogP contribution in [-0.4, -0.2) is 29.9 Å². The zero-order valence-corrected chi connectivity index (χ0v) is 15.4. The van der Waals surface area contributed by atoms with Crippen LogP contribution in [0.25, 0.3) is 0 Å². The first-order valence-corrected chi connectivity index (χ1v) is 8.57. The van der Waals surface area contributed by atoms with Crippen molar-refractivity contribution in [2.24, 2.45) is 23.5 Å². The summed E-state index contributed by atoms with van der Waals surface area (Å²) in [6.45, 7) is 8.08. The average molecular weight is 339 g/mol. The summed E-state index contributed by atoms with van der Waals surface area (Å²) in [7, 11) is 0. The van der Waals surface area contributed by atoms with Gasteiger partial charge in [0.25, 0.3) is 0 Å². The SMILES string of the molecule is CC(C)C(Cc1ccccc1)C(=O)N1CCCC(C(C)N)C1.Cl. The molecule has 130 valence electrons. The first-order valence-electron chi connectivity index (χ1n) is 8.57. The predicted molar refractivity (Wildman–Crippen MR) is 98.7 cm³/mol. The second-order valence-corrected chi connectivity index (χ2v) is 7.09. The minimum atomic E-state index is 0. The van der Waals surface area contributed by atoms with Crippen LogP contribution in [-0.2, 0) is 11.2 Å². The fourth-order valence-electron chi connectivity index (χ4n) is 3.35. The number of nitrogens with two attached hydrogens (primary N) is 1. The minimum absolute atomic E-state index is 0. The highest BCUT2D eigenvalue weighted by molar-refractivity contribution is 5.85. The summed E-state index contributed by atoms with van der Waals surface area (Å²) in [5.41, 5.74) is 7.30. The maximum Gasteiger partial charge on any atom is 0.226 e. The zero-order valence-electron chi connectivity index (χ0n) is 14.6. The van der Waals surface area contributed by atoms with Gasteiger partial charge in [-0.1, -0.05) is 44.2 Å². The number of likely N-dealkylation sites (tertiary alicyclic amines) is 1. The standard InChI is InChI=1S/C19H30N2O.ClH/c1-14(2)18(12-16-8-5-4-6-9-16)19(22)21-11-7-10-17(13-21)15(3)20;/h4-6,8-9,14-15,17-18H,7,10-13,20H2,1-3H3;1H. The van der Waals surface area contributed by atoms with Crippen LogP contribution in [0.1, 0.15) is 39.2 Å². The predicted octanol–water partition coefficient (Wildman–Crippen LogP) is 3.51. The maximum atomic E-state index is 13.0. The number of halogens is 1. The van der Waals surface area contributed by atoms with Gasteiger partial charge < -0.3 is 10.6 Å². The molecule has 0 radical (unpaired) electrons. The van der Waals surface area contributed by atoms with Gasteiger partial charge >= 0.3 is 0 Å². The van der Waals surface area contributed by atoms with Crippen LogP contribution in [0, 0.1) is 17.8 Å². The molecule has 1 aliphatic heterocycles. The van der Waals surface area contributed by atoms with E-state index in [-0.39, 0.29) is 24.4 Å². The number of piperidine rings is 1. The van der Waals surface area contributed by atoms with Crippen molar-refractivity contribution in [2.45, 2.75) is 46.1 Å². The van der Waals surface area contributed by atoms with Gasteiger partial charge in [0.2, 0.25) is 5.91 Å². The lowest BCUT2D eigenvalue weighted by atomic mass is 9.86. The monoisotopic (exact) mass is 338 g/mol. The van der Waals surface area contributed by atoms with Gasteiger partial charge in [-0.3, -0.25) is 4.79 Å². The fourth-order valence-corrected chi connectivity index (χ4v) is 3.35. The van der Waals surface area contributed by atoms with Gasteiger partial charge in [-0.2, -0.15) is 0 Å². The molecule has 0 aliphatic carbocycles. The molecular weight excluding hydrogens is 308 g/mol. The molecule has 3 unspecified atom stereocenters. The summed E-state index contributed by atoms with van der Waals surface area (Å²) >= 11 is 0. The second-order valence-electron chi connectivity index (χ2n) is 7.09. The van der Waals surface area contributed by atoms with Gasteiger partial charge in [0.15, 0.2) is 0 Å². The van der Waals surface area contributed by atoms with Gasteiger partial charge in [-0.05, 0) is 43.6 Å².